The highest BCUT2D eigenvalue weighted by Crippen LogP contribution is 2.26. The molecule has 0 aromatic heterocycles. The molecule has 13 heavy (non-hydrogen) atoms. The Hall–Kier alpha value is -1.24. The summed E-state index contributed by atoms with van der Waals surface area (Å²) in [6, 6.07) is 6.06. The van der Waals surface area contributed by atoms with Gasteiger partial charge in [-0.25, -0.2) is 0 Å². The smallest absolute Gasteiger partial charge is 0.0393 e. The van der Waals surface area contributed by atoms with Crippen molar-refractivity contribution in [1.82, 2.24) is 0 Å². The van der Waals surface area contributed by atoms with Gasteiger partial charge in [0.15, 0.2) is 0 Å². The maximum atomic E-state index is 5.91. The first-order valence-electron chi connectivity index (χ1n) is 4.76. The van der Waals surface area contributed by atoms with Gasteiger partial charge in [0, 0.05) is 11.3 Å². The van der Waals surface area contributed by atoms with Crippen molar-refractivity contribution in [3.63, 3.8) is 0 Å². The van der Waals surface area contributed by atoms with E-state index in [2.05, 4.69) is 26.5 Å². The molecule has 0 spiro atoms. The second-order valence-corrected chi connectivity index (χ2v) is 3.19. The first-order chi connectivity index (χ1) is 6.20. The lowest BCUT2D eigenvalue weighted by Gasteiger charge is -2.11. The molecule has 0 heterocycles. The maximum absolute atomic E-state index is 5.91. The Bertz CT molecular complexity index is 313. The van der Waals surface area contributed by atoms with Gasteiger partial charge < -0.3 is 5.73 Å². The van der Waals surface area contributed by atoms with Gasteiger partial charge in [-0.3, -0.25) is 0 Å². The van der Waals surface area contributed by atoms with Crippen LogP contribution < -0.4 is 5.73 Å². The van der Waals surface area contributed by atoms with Crippen LogP contribution in [0.1, 0.15) is 31.4 Å². The second kappa shape index (κ2) is 4.13. The lowest BCUT2D eigenvalue weighted by molar-refractivity contribution is 1.12. The Balaban J connectivity index is 3.22. The minimum absolute atomic E-state index is 0.853. The summed E-state index contributed by atoms with van der Waals surface area (Å²) in [6.45, 7) is 8.28. The molecule has 0 bridgehead atoms. The number of nitrogens with two attached hydrogens (primary N) is 1. The van der Waals surface area contributed by atoms with E-state index in [0.717, 1.165) is 29.7 Å². The number of nitrogen functional groups attached to an aromatic ring is 1. The van der Waals surface area contributed by atoms with E-state index in [1.807, 2.05) is 12.1 Å². The third-order valence-electron chi connectivity index (χ3n) is 2.34. The molecule has 1 rings (SSSR count). The van der Waals surface area contributed by atoms with E-state index in [0.29, 0.717) is 0 Å². The first kappa shape index (κ1) is 9.85. The quantitative estimate of drug-likeness (QED) is 0.701. The van der Waals surface area contributed by atoms with Crippen LogP contribution in [-0.2, 0) is 6.42 Å². The lowest BCUT2D eigenvalue weighted by Crippen LogP contribution is -1.97. The highest BCUT2D eigenvalue weighted by Gasteiger charge is 2.06. The van der Waals surface area contributed by atoms with Gasteiger partial charge in [0.25, 0.3) is 0 Å². The van der Waals surface area contributed by atoms with E-state index >= 15 is 0 Å². The van der Waals surface area contributed by atoms with Crippen LogP contribution in [0.4, 0.5) is 5.69 Å². The van der Waals surface area contributed by atoms with Crippen LogP contribution in [0.5, 0.6) is 0 Å². The summed E-state index contributed by atoms with van der Waals surface area (Å²) < 4.78 is 0. The maximum Gasteiger partial charge on any atom is 0.0393 e. The molecule has 0 atom stereocenters. The van der Waals surface area contributed by atoms with Crippen LogP contribution in [0.3, 0.4) is 0 Å². The third-order valence-corrected chi connectivity index (χ3v) is 2.34. The minimum atomic E-state index is 0.853. The van der Waals surface area contributed by atoms with E-state index in [1.54, 1.807) is 0 Å². The number of allylic oxidation sites excluding steroid dienone is 1. The topological polar surface area (TPSA) is 26.0 Å². The Morgan fingerprint density at radius 1 is 1.38 bits per heavy atom. The Kier molecular flexibility index (Phi) is 3.13. The van der Waals surface area contributed by atoms with Crippen LogP contribution in [0.2, 0.25) is 0 Å². The number of benzene rings is 1. The molecule has 0 amide bonds. The summed E-state index contributed by atoms with van der Waals surface area (Å²) >= 11 is 0. The van der Waals surface area contributed by atoms with Gasteiger partial charge in [-0.2, -0.15) is 0 Å². The highest BCUT2D eigenvalue weighted by atomic mass is 14.6. The summed E-state index contributed by atoms with van der Waals surface area (Å²) in [5, 5.41) is 0. The Labute approximate surface area is 80.3 Å². The molecule has 2 N–H and O–H groups in total. The summed E-state index contributed by atoms with van der Waals surface area (Å²) in [4.78, 5) is 0. The van der Waals surface area contributed by atoms with Gasteiger partial charge in [-0.15, -0.1) is 0 Å². The van der Waals surface area contributed by atoms with Crippen molar-refractivity contribution in [2.75, 3.05) is 5.73 Å². The van der Waals surface area contributed by atoms with E-state index < -0.39 is 0 Å². The van der Waals surface area contributed by atoms with E-state index in [1.165, 1.54) is 5.56 Å². The fourth-order valence-electron chi connectivity index (χ4n) is 1.52. The molecule has 0 aliphatic heterocycles. The Morgan fingerprint density at radius 2 is 2.08 bits per heavy atom. The van der Waals surface area contributed by atoms with Crippen molar-refractivity contribution < 1.29 is 0 Å². The molecule has 1 heteroatoms. The van der Waals surface area contributed by atoms with E-state index in [9.17, 15) is 0 Å². The molecule has 0 aliphatic rings. The molecular weight excluding hydrogens is 158 g/mol. The fourth-order valence-corrected chi connectivity index (χ4v) is 1.52. The number of hydrogen-bond donors (Lipinski definition) is 1. The van der Waals surface area contributed by atoms with Crippen LogP contribution in [0.25, 0.3) is 5.57 Å². The molecule has 0 unspecified atom stereocenters. The predicted octanol–water partition coefficient (Wildman–Crippen LogP) is 3.25. The molecule has 70 valence electrons. The molecule has 0 fully saturated rings. The van der Waals surface area contributed by atoms with Crippen LogP contribution >= 0.6 is 0 Å². The standard InChI is InChI=1S/C12H17N/c1-4-9(3)12-10(5-2)7-6-8-11(12)13/h6-8H,3-5,13H2,1-2H3. The van der Waals surface area contributed by atoms with Crippen molar-refractivity contribution in [2.45, 2.75) is 26.7 Å². The number of hydrogen-bond acceptors (Lipinski definition) is 1. The lowest BCUT2D eigenvalue weighted by atomic mass is 9.96. The van der Waals surface area contributed by atoms with Crippen molar-refractivity contribution in [2.24, 2.45) is 0 Å². The van der Waals surface area contributed by atoms with Crippen molar-refractivity contribution in [3.05, 3.63) is 35.9 Å². The summed E-state index contributed by atoms with van der Waals surface area (Å²) in [5.41, 5.74) is 10.4. The summed E-state index contributed by atoms with van der Waals surface area (Å²) in [6.07, 6.45) is 1.97. The van der Waals surface area contributed by atoms with Gasteiger partial charge in [0.05, 0.1) is 0 Å². The molecule has 0 saturated heterocycles. The molecular formula is C12H17N. The third kappa shape index (κ3) is 1.92. The zero-order chi connectivity index (χ0) is 9.84. The normalized spacial score (nSPS) is 10.0. The van der Waals surface area contributed by atoms with E-state index in [4.69, 9.17) is 5.73 Å². The molecule has 0 radical (unpaired) electrons. The molecule has 1 aromatic rings. The largest absolute Gasteiger partial charge is 0.398 e. The van der Waals surface area contributed by atoms with E-state index in [-0.39, 0.29) is 0 Å². The first-order valence-corrected chi connectivity index (χ1v) is 4.76. The average molecular weight is 175 g/mol. The fraction of sp³-hybridized carbons (Fsp3) is 0.333. The zero-order valence-corrected chi connectivity index (χ0v) is 8.43. The molecule has 1 nitrogen and oxygen atoms in total. The Morgan fingerprint density at radius 3 is 2.62 bits per heavy atom. The summed E-state index contributed by atoms with van der Waals surface area (Å²) in [7, 11) is 0. The minimum Gasteiger partial charge on any atom is -0.398 e. The molecule has 1 aromatic carbocycles. The molecule has 0 aliphatic carbocycles. The van der Waals surface area contributed by atoms with Gasteiger partial charge >= 0.3 is 0 Å². The number of aryl methyl sites for hydroxylation is 1. The zero-order valence-electron chi connectivity index (χ0n) is 8.43. The van der Waals surface area contributed by atoms with Gasteiger partial charge in [0.2, 0.25) is 0 Å². The monoisotopic (exact) mass is 175 g/mol. The van der Waals surface area contributed by atoms with Gasteiger partial charge in [0.1, 0.15) is 0 Å². The van der Waals surface area contributed by atoms with Crippen molar-refractivity contribution in [1.29, 1.82) is 0 Å². The van der Waals surface area contributed by atoms with Crippen LogP contribution in [0, 0.1) is 0 Å². The van der Waals surface area contributed by atoms with Gasteiger partial charge in [-0.05, 0) is 30.0 Å². The number of rotatable bonds is 3. The predicted molar refractivity (Wildman–Crippen MR) is 59.6 cm³/mol. The van der Waals surface area contributed by atoms with Crippen LogP contribution in [0.15, 0.2) is 24.8 Å². The summed E-state index contributed by atoms with van der Waals surface area (Å²) in [5.74, 6) is 0. The SMILES string of the molecule is C=C(CC)c1c(N)cccc1CC. The second-order valence-electron chi connectivity index (χ2n) is 3.19. The number of anilines is 1. The van der Waals surface area contributed by atoms with Crippen molar-refractivity contribution in [3.8, 4) is 0 Å². The highest BCUT2D eigenvalue weighted by molar-refractivity contribution is 5.76. The van der Waals surface area contributed by atoms with Gasteiger partial charge in [-0.1, -0.05) is 32.6 Å². The average Bonchev–Trinajstić information content (AvgIpc) is 2.16. The molecule has 0 saturated carbocycles. The van der Waals surface area contributed by atoms with Crippen LogP contribution in [-0.4, -0.2) is 0 Å². The van der Waals surface area contributed by atoms with Crippen molar-refractivity contribution >= 4 is 11.3 Å².